The second-order valence-corrected chi connectivity index (χ2v) is 6.40. The summed E-state index contributed by atoms with van der Waals surface area (Å²) in [5, 5.41) is 0.726. The molecule has 2 aromatic rings. The van der Waals surface area contributed by atoms with Crippen molar-refractivity contribution in [1.82, 2.24) is 4.90 Å². The van der Waals surface area contributed by atoms with Crippen molar-refractivity contribution in [2.75, 3.05) is 6.54 Å². The summed E-state index contributed by atoms with van der Waals surface area (Å²) < 4.78 is 0. The highest BCUT2D eigenvalue weighted by molar-refractivity contribution is 6.31. The van der Waals surface area contributed by atoms with Crippen LogP contribution in [0.5, 0.6) is 0 Å². The minimum Gasteiger partial charge on any atom is -0.336 e. The standard InChI is InChI=1S/C19H21ClN2O.ClH/c20-16-10-5-4-9-15(16)18-11-6-12-22(18)19(23)13-17(21)14-7-2-1-3-8-14;/h1-5,7-10,17-18H,6,11-13,21H2;1H. The fourth-order valence-corrected chi connectivity index (χ4v) is 3.52. The molecule has 1 aliphatic rings. The lowest BCUT2D eigenvalue weighted by atomic mass is 10.0. The van der Waals surface area contributed by atoms with Crippen molar-refractivity contribution in [3.8, 4) is 0 Å². The van der Waals surface area contributed by atoms with Gasteiger partial charge in [0.05, 0.1) is 6.04 Å². The first-order chi connectivity index (χ1) is 11.2. The Morgan fingerprint density at radius 3 is 2.54 bits per heavy atom. The topological polar surface area (TPSA) is 46.3 Å². The zero-order valence-electron chi connectivity index (χ0n) is 13.4. The minimum atomic E-state index is -0.267. The summed E-state index contributed by atoms with van der Waals surface area (Å²) in [4.78, 5) is 14.7. The molecule has 5 heteroatoms. The quantitative estimate of drug-likeness (QED) is 0.866. The number of benzene rings is 2. The van der Waals surface area contributed by atoms with Crippen LogP contribution >= 0.6 is 24.0 Å². The van der Waals surface area contributed by atoms with Gasteiger partial charge in [0.15, 0.2) is 0 Å². The fraction of sp³-hybridized carbons (Fsp3) is 0.316. The number of likely N-dealkylation sites (tertiary alicyclic amines) is 1. The first-order valence-electron chi connectivity index (χ1n) is 8.01. The van der Waals surface area contributed by atoms with Crippen LogP contribution in [0.3, 0.4) is 0 Å². The molecule has 0 saturated carbocycles. The maximum atomic E-state index is 12.7. The molecule has 0 radical (unpaired) electrons. The van der Waals surface area contributed by atoms with Crippen molar-refractivity contribution >= 4 is 29.9 Å². The lowest BCUT2D eigenvalue weighted by Gasteiger charge is -2.27. The molecule has 2 unspecified atom stereocenters. The van der Waals surface area contributed by atoms with Gasteiger partial charge >= 0.3 is 0 Å². The second kappa shape index (κ2) is 8.52. The Balaban J connectivity index is 0.00000208. The van der Waals surface area contributed by atoms with E-state index < -0.39 is 0 Å². The van der Waals surface area contributed by atoms with Crippen LogP contribution in [-0.4, -0.2) is 17.4 Å². The average Bonchev–Trinajstić information content (AvgIpc) is 3.05. The Kier molecular flexibility index (Phi) is 6.67. The highest BCUT2D eigenvalue weighted by Crippen LogP contribution is 2.36. The number of hydrogen-bond donors (Lipinski definition) is 1. The van der Waals surface area contributed by atoms with Gasteiger partial charge in [-0.2, -0.15) is 0 Å². The van der Waals surface area contributed by atoms with Crippen LogP contribution in [0.2, 0.25) is 5.02 Å². The van der Waals surface area contributed by atoms with Gasteiger partial charge in [-0.1, -0.05) is 60.1 Å². The summed E-state index contributed by atoms with van der Waals surface area (Å²) >= 11 is 6.31. The van der Waals surface area contributed by atoms with E-state index in [9.17, 15) is 4.79 Å². The number of nitrogens with zero attached hydrogens (tertiary/aromatic N) is 1. The summed E-state index contributed by atoms with van der Waals surface area (Å²) in [5.74, 6) is 0.101. The molecule has 0 aliphatic carbocycles. The monoisotopic (exact) mass is 364 g/mol. The molecule has 1 saturated heterocycles. The zero-order chi connectivity index (χ0) is 16.2. The smallest absolute Gasteiger partial charge is 0.224 e. The number of amides is 1. The van der Waals surface area contributed by atoms with Crippen molar-refractivity contribution in [1.29, 1.82) is 0 Å². The van der Waals surface area contributed by atoms with Crippen molar-refractivity contribution in [3.63, 3.8) is 0 Å². The van der Waals surface area contributed by atoms with Gasteiger partial charge in [0, 0.05) is 24.0 Å². The predicted octanol–water partition coefficient (Wildman–Crippen LogP) is 4.52. The molecule has 2 atom stereocenters. The Labute approximate surface area is 154 Å². The summed E-state index contributed by atoms with van der Waals surface area (Å²) in [6.07, 6.45) is 2.28. The third-order valence-electron chi connectivity index (χ3n) is 4.46. The average molecular weight is 365 g/mol. The van der Waals surface area contributed by atoms with Crippen LogP contribution in [0.25, 0.3) is 0 Å². The van der Waals surface area contributed by atoms with Crippen molar-refractivity contribution in [3.05, 3.63) is 70.7 Å². The molecule has 0 aromatic heterocycles. The minimum absolute atomic E-state index is 0. The van der Waals surface area contributed by atoms with Crippen molar-refractivity contribution in [2.24, 2.45) is 5.73 Å². The van der Waals surface area contributed by atoms with Crippen LogP contribution in [0.4, 0.5) is 0 Å². The van der Waals surface area contributed by atoms with E-state index in [4.69, 9.17) is 17.3 Å². The molecule has 1 fully saturated rings. The Morgan fingerprint density at radius 2 is 1.83 bits per heavy atom. The molecule has 1 amide bonds. The highest BCUT2D eigenvalue weighted by atomic mass is 35.5. The van der Waals surface area contributed by atoms with Gasteiger partial charge in [0.25, 0.3) is 0 Å². The molecule has 2 N–H and O–H groups in total. The van der Waals surface area contributed by atoms with E-state index in [1.807, 2.05) is 59.5 Å². The van der Waals surface area contributed by atoms with E-state index in [1.165, 1.54) is 0 Å². The van der Waals surface area contributed by atoms with Crippen LogP contribution in [-0.2, 0) is 4.79 Å². The van der Waals surface area contributed by atoms with Gasteiger partial charge in [-0.15, -0.1) is 12.4 Å². The van der Waals surface area contributed by atoms with Gasteiger partial charge in [0.2, 0.25) is 5.91 Å². The molecule has 0 bridgehead atoms. The lowest BCUT2D eigenvalue weighted by Crippen LogP contribution is -2.33. The Bertz CT molecular complexity index is 678. The summed E-state index contributed by atoms with van der Waals surface area (Å²) in [6, 6.07) is 17.4. The first kappa shape index (κ1) is 18.8. The van der Waals surface area contributed by atoms with E-state index in [-0.39, 0.29) is 30.4 Å². The number of rotatable bonds is 4. The molecular formula is C19H22Cl2N2O. The maximum Gasteiger partial charge on any atom is 0.224 e. The fourth-order valence-electron chi connectivity index (χ4n) is 3.26. The van der Waals surface area contributed by atoms with Crippen LogP contribution in [0, 0.1) is 0 Å². The normalized spacial score (nSPS) is 18.1. The van der Waals surface area contributed by atoms with Gasteiger partial charge < -0.3 is 10.6 Å². The molecular weight excluding hydrogens is 343 g/mol. The summed E-state index contributed by atoms with van der Waals surface area (Å²) in [6.45, 7) is 0.774. The molecule has 1 heterocycles. The zero-order valence-corrected chi connectivity index (χ0v) is 15.0. The predicted molar refractivity (Wildman–Crippen MR) is 100 cm³/mol. The maximum absolute atomic E-state index is 12.7. The number of nitrogens with two attached hydrogens (primary N) is 1. The van der Waals surface area contributed by atoms with Gasteiger partial charge in [-0.3, -0.25) is 4.79 Å². The molecule has 0 spiro atoms. The SMILES string of the molecule is Cl.NC(CC(=O)N1CCCC1c1ccccc1Cl)c1ccccc1. The van der Waals surface area contributed by atoms with Gasteiger partial charge in [-0.05, 0) is 30.0 Å². The third kappa shape index (κ3) is 4.10. The van der Waals surface area contributed by atoms with Gasteiger partial charge in [0.1, 0.15) is 0 Å². The summed E-state index contributed by atoms with van der Waals surface area (Å²) in [7, 11) is 0. The number of carbonyl (C=O) groups excluding carboxylic acids is 1. The van der Waals surface area contributed by atoms with Crippen molar-refractivity contribution in [2.45, 2.75) is 31.3 Å². The van der Waals surface area contributed by atoms with Crippen LogP contribution < -0.4 is 5.73 Å². The van der Waals surface area contributed by atoms with Crippen molar-refractivity contribution < 1.29 is 4.79 Å². The lowest BCUT2D eigenvalue weighted by molar-refractivity contribution is -0.132. The van der Waals surface area contributed by atoms with E-state index in [0.717, 1.165) is 35.5 Å². The molecule has 3 nitrogen and oxygen atoms in total. The van der Waals surface area contributed by atoms with E-state index in [0.29, 0.717) is 6.42 Å². The van der Waals surface area contributed by atoms with Crippen LogP contribution in [0.1, 0.15) is 42.5 Å². The third-order valence-corrected chi connectivity index (χ3v) is 4.80. The molecule has 3 rings (SSSR count). The number of carbonyl (C=O) groups is 1. The van der Waals surface area contributed by atoms with E-state index in [1.54, 1.807) is 0 Å². The largest absolute Gasteiger partial charge is 0.336 e. The Morgan fingerprint density at radius 1 is 1.17 bits per heavy atom. The van der Waals surface area contributed by atoms with Crippen LogP contribution in [0.15, 0.2) is 54.6 Å². The highest BCUT2D eigenvalue weighted by Gasteiger charge is 2.31. The molecule has 24 heavy (non-hydrogen) atoms. The molecule has 128 valence electrons. The molecule has 1 aliphatic heterocycles. The first-order valence-corrected chi connectivity index (χ1v) is 8.39. The number of halogens is 2. The van der Waals surface area contributed by atoms with Gasteiger partial charge in [-0.25, -0.2) is 0 Å². The van der Waals surface area contributed by atoms with E-state index >= 15 is 0 Å². The van der Waals surface area contributed by atoms with E-state index in [2.05, 4.69) is 0 Å². The molecule has 2 aromatic carbocycles. The summed E-state index contributed by atoms with van der Waals surface area (Å²) in [5.41, 5.74) is 8.23. The Hall–Kier alpha value is -1.55. The second-order valence-electron chi connectivity index (χ2n) is 5.99. The number of hydrogen-bond acceptors (Lipinski definition) is 2.